The van der Waals surface area contributed by atoms with Gasteiger partial charge in [-0.25, -0.2) is 4.79 Å². The van der Waals surface area contributed by atoms with Gasteiger partial charge in [-0.2, -0.15) is 0 Å². The van der Waals surface area contributed by atoms with Crippen molar-refractivity contribution in [2.45, 2.75) is 44.8 Å². The summed E-state index contributed by atoms with van der Waals surface area (Å²) in [5.74, 6) is 0.602. The number of amides is 1. The van der Waals surface area contributed by atoms with Crippen molar-refractivity contribution >= 4 is 6.09 Å². The maximum Gasteiger partial charge on any atom is 0.408 e. The van der Waals surface area contributed by atoms with Crippen molar-refractivity contribution in [2.75, 3.05) is 13.1 Å². The maximum atomic E-state index is 11.6. The van der Waals surface area contributed by atoms with E-state index in [0.717, 1.165) is 19.5 Å². The molecule has 86 valence electrons. The van der Waals surface area contributed by atoms with E-state index < -0.39 is 5.60 Å². The Balaban J connectivity index is 1.89. The van der Waals surface area contributed by atoms with Crippen LogP contribution in [0.15, 0.2) is 0 Å². The van der Waals surface area contributed by atoms with Crippen LogP contribution in [-0.2, 0) is 4.74 Å². The van der Waals surface area contributed by atoms with Crippen LogP contribution in [0, 0.1) is 5.92 Å². The van der Waals surface area contributed by atoms with Crippen LogP contribution in [0.4, 0.5) is 4.79 Å². The van der Waals surface area contributed by atoms with Crippen molar-refractivity contribution < 1.29 is 9.53 Å². The Bertz CT molecular complexity index is 272. The number of hydrogen-bond acceptors (Lipinski definition) is 3. The quantitative estimate of drug-likeness (QED) is 0.688. The number of carbonyl (C=O) groups excluding carboxylic acids is 1. The second-order valence-electron chi connectivity index (χ2n) is 5.65. The second-order valence-corrected chi connectivity index (χ2v) is 5.65. The lowest BCUT2D eigenvalue weighted by molar-refractivity contribution is 0.0335. The van der Waals surface area contributed by atoms with Crippen LogP contribution in [0.5, 0.6) is 0 Å². The summed E-state index contributed by atoms with van der Waals surface area (Å²) >= 11 is 0. The molecule has 0 radical (unpaired) electrons. The zero-order valence-corrected chi connectivity index (χ0v) is 9.72. The van der Waals surface area contributed by atoms with Gasteiger partial charge in [-0.3, -0.25) is 0 Å². The smallest absolute Gasteiger partial charge is 0.408 e. The standard InChI is InChI=1S/C11H20N2O2/c1-10(2,3)15-9(14)13-11-5-4-8(11)6-12-7-11/h8,12H,4-7H2,1-3H3,(H,13,14)/t8-,11-/m0/s1. The van der Waals surface area contributed by atoms with E-state index in [2.05, 4.69) is 10.6 Å². The Morgan fingerprint density at radius 1 is 1.53 bits per heavy atom. The Hall–Kier alpha value is -0.770. The number of rotatable bonds is 1. The van der Waals surface area contributed by atoms with Crippen molar-refractivity contribution in [2.24, 2.45) is 5.92 Å². The van der Waals surface area contributed by atoms with Gasteiger partial charge in [0.15, 0.2) is 0 Å². The molecule has 0 spiro atoms. The fourth-order valence-corrected chi connectivity index (χ4v) is 2.41. The van der Waals surface area contributed by atoms with Crippen LogP contribution in [0.1, 0.15) is 33.6 Å². The van der Waals surface area contributed by atoms with Crippen molar-refractivity contribution in [3.8, 4) is 0 Å². The topological polar surface area (TPSA) is 50.4 Å². The molecule has 1 saturated carbocycles. The molecule has 0 unspecified atom stereocenters. The third-order valence-corrected chi connectivity index (χ3v) is 3.30. The van der Waals surface area contributed by atoms with Gasteiger partial charge in [-0.1, -0.05) is 0 Å². The first kappa shape index (κ1) is 10.7. The molecule has 1 aliphatic carbocycles. The minimum atomic E-state index is -0.411. The van der Waals surface area contributed by atoms with Crippen LogP contribution >= 0.6 is 0 Å². The minimum absolute atomic E-state index is 0.0116. The summed E-state index contributed by atoms with van der Waals surface area (Å²) in [5.41, 5.74) is -0.422. The molecular formula is C11H20N2O2. The van der Waals surface area contributed by atoms with Crippen LogP contribution < -0.4 is 10.6 Å². The number of nitrogens with one attached hydrogen (secondary N) is 2. The van der Waals surface area contributed by atoms with Crippen LogP contribution in [-0.4, -0.2) is 30.3 Å². The second kappa shape index (κ2) is 3.37. The summed E-state index contributed by atoms with van der Waals surface area (Å²) in [6, 6.07) is 0. The summed E-state index contributed by atoms with van der Waals surface area (Å²) in [6.07, 6.45) is 2.00. The fourth-order valence-electron chi connectivity index (χ4n) is 2.41. The number of ether oxygens (including phenoxy) is 1. The molecule has 4 nitrogen and oxygen atoms in total. The van der Waals surface area contributed by atoms with Crippen molar-refractivity contribution in [3.63, 3.8) is 0 Å². The molecule has 15 heavy (non-hydrogen) atoms. The Kier molecular flexibility index (Phi) is 2.41. The van der Waals surface area contributed by atoms with Gasteiger partial charge in [-0.15, -0.1) is 0 Å². The summed E-state index contributed by atoms with van der Waals surface area (Å²) in [4.78, 5) is 11.6. The largest absolute Gasteiger partial charge is 0.444 e. The highest BCUT2D eigenvalue weighted by Crippen LogP contribution is 2.41. The van der Waals surface area contributed by atoms with E-state index in [1.54, 1.807) is 0 Å². The molecule has 0 aromatic heterocycles. The highest BCUT2D eigenvalue weighted by Gasteiger charge is 2.51. The van der Waals surface area contributed by atoms with E-state index in [-0.39, 0.29) is 11.6 Å². The van der Waals surface area contributed by atoms with Gasteiger partial charge in [0.2, 0.25) is 0 Å². The average Bonchev–Trinajstić information content (AvgIpc) is 2.27. The van der Waals surface area contributed by atoms with E-state index in [1.807, 2.05) is 20.8 Å². The summed E-state index contributed by atoms with van der Waals surface area (Å²) in [5, 5.41) is 6.35. The molecule has 1 amide bonds. The third kappa shape index (κ3) is 2.09. The van der Waals surface area contributed by atoms with E-state index >= 15 is 0 Å². The highest BCUT2D eigenvalue weighted by molar-refractivity contribution is 5.69. The lowest BCUT2D eigenvalue weighted by atomic mass is 9.69. The molecule has 0 aromatic carbocycles. The summed E-state index contributed by atoms with van der Waals surface area (Å²) < 4.78 is 5.27. The first-order valence-electron chi connectivity index (χ1n) is 5.63. The van der Waals surface area contributed by atoms with Gasteiger partial charge in [0.05, 0.1) is 5.54 Å². The molecule has 4 heteroatoms. The summed E-state index contributed by atoms with van der Waals surface area (Å²) in [6.45, 7) is 7.56. The SMILES string of the molecule is CC(C)(C)OC(=O)N[C@]12CC[C@H]1CNC2. The number of carbonyl (C=O) groups is 1. The minimum Gasteiger partial charge on any atom is -0.444 e. The first-order valence-corrected chi connectivity index (χ1v) is 5.63. The summed E-state index contributed by atoms with van der Waals surface area (Å²) in [7, 11) is 0. The van der Waals surface area contributed by atoms with Crippen LogP contribution in [0.25, 0.3) is 0 Å². The first-order chi connectivity index (χ1) is 6.91. The van der Waals surface area contributed by atoms with Gasteiger partial charge in [-0.05, 0) is 39.5 Å². The zero-order chi connectivity index (χ0) is 11.1. The van der Waals surface area contributed by atoms with Crippen LogP contribution in [0.2, 0.25) is 0 Å². The third-order valence-electron chi connectivity index (χ3n) is 3.30. The van der Waals surface area contributed by atoms with Gasteiger partial charge in [0.1, 0.15) is 5.60 Å². The van der Waals surface area contributed by atoms with Crippen molar-refractivity contribution in [3.05, 3.63) is 0 Å². The molecule has 1 saturated heterocycles. The van der Waals surface area contributed by atoms with Crippen molar-refractivity contribution in [1.29, 1.82) is 0 Å². The molecule has 0 aromatic rings. The van der Waals surface area contributed by atoms with Crippen LogP contribution in [0.3, 0.4) is 0 Å². The molecule has 0 bridgehead atoms. The number of fused-ring (bicyclic) bond motifs is 1. The van der Waals surface area contributed by atoms with Gasteiger partial charge in [0, 0.05) is 13.1 Å². The Morgan fingerprint density at radius 2 is 2.27 bits per heavy atom. The lowest BCUT2D eigenvalue weighted by Gasteiger charge is -2.44. The fraction of sp³-hybridized carbons (Fsp3) is 0.909. The zero-order valence-electron chi connectivity index (χ0n) is 9.72. The number of alkyl carbamates (subject to hydrolysis) is 1. The molecule has 1 heterocycles. The van der Waals surface area contributed by atoms with E-state index in [9.17, 15) is 4.79 Å². The predicted molar refractivity (Wildman–Crippen MR) is 57.7 cm³/mol. The maximum absolute atomic E-state index is 11.6. The highest BCUT2D eigenvalue weighted by atomic mass is 16.6. The molecule has 2 rings (SSSR count). The van der Waals surface area contributed by atoms with E-state index in [1.165, 1.54) is 6.42 Å². The Labute approximate surface area is 90.8 Å². The molecule has 2 fully saturated rings. The number of hydrogen-bond donors (Lipinski definition) is 2. The van der Waals surface area contributed by atoms with E-state index in [4.69, 9.17) is 4.74 Å². The monoisotopic (exact) mass is 212 g/mol. The lowest BCUT2D eigenvalue weighted by Crippen LogP contribution is -2.60. The molecular weight excluding hydrogens is 192 g/mol. The molecule has 2 aliphatic rings. The van der Waals surface area contributed by atoms with Gasteiger partial charge in [0.25, 0.3) is 0 Å². The van der Waals surface area contributed by atoms with Crippen molar-refractivity contribution in [1.82, 2.24) is 10.6 Å². The van der Waals surface area contributed by atoms with Gasteiger partial charge < -0.3 is 15.4 Å². The average molecular weight is 212 g/mol. The molecule has 2 N–H and O–H groups in total. The molecule has 1 aliphatic heterocycles. The molecule has 2 atom stereocenters. The van der Waals surface area contributed by atoms with Gasteiger partial charge >= 0.3 is 6.09 Å². The predicted octanol–water partition coefficient (Wildman–Crippen LogP) is 1.26. The normalized spacial score (nSPS) is 34.2. The van der Waals surface area contributed by atoms with E-state index in [0.29, 0.717) is 5.92 Å². The Morgan fingerprint density at radius 3 is 2.73 bits per heavy atom.